The minimum atomic E-state index is -0.271. The van der Waals surface area contributed by atoms with Crippen LogP contribution in [-0.4, -0.2) is 18.4 Å². The maximum Gasteiger partial charge on any atom is 0.265 e. The number of hydrogen-bond acceptors (Lipinski definition) is 4. The Balaban J connectivity index is 1.55. The lowest BCUT2D eigenvalue weighted by molar-refractivity contribution is -0.118. The Hall–Kier alpha value is -3.12. The molecule has 6 heteroatoms. The molecule has 3 rings (SSSR count). The molecular formula is C20H18N2O3S. The molecule has 0 bridgehead atoms. The summed E-state index contributed by atoms with van der Waals surface area (Å²) in [6.45, 7) is 1.90. The van der Waals surface area contributed by atoms with Crippen LogP contribution in [0.3, 0.4) is 0 Å². The Morgan fingerprint density at radius 3 is 2.38 bits per heavy atom. The highest BCUT2D eigenvalue weighted by Gasteiger charge is 2.08. The zero-order valence-electron chi connectivity index (χ0n) is 14.2. The molecule has 0 atom stereocenters. The summed E-state index contributed by atoms with van der Waals surface area (Å²) in [5, 5.41) is 7.42. The van der Waals surface area contributed by atoms with Crippen molar-refractivity contribution in [3.63, 3.8) is 0 Å². The summed E-state index contributed by atoms with van der Waals surface area (Å²) in [6, 6.07) is 18.1. The average molecular weight is 366 g/mol. The lowest BCUT2D eigenvalue weighted by Crippen LogP contribution is -2.20. The summed E-state index contributed by atoms with van der Waals surface area (Å²) in [5.41, 5.74) is 2.33. The van der Waals surface area contributed by atoms with Gasteiger partial charge >= 0.3 is 0 Å². The first-order valence-corrected chi connectivity index (χ1v) is 8.92. The molecule has 132 valence electrons. The van der Waals surface area contributed by atoms with Gasteiger partial charge in [0.15, 0.2) is 6.61 Å². The number of benzene rings is 2. The number of carbonyl (C=O) groups is 2. The molecule has 3 aromatic rings. The van der Waals surface area contributed by atoms with Crippen LogP contribution >= 0.6 is 11.3 Å². The van der Waals surface area contributed by atoms with Crippen LogP contribution in [0.1, 0.15) is 15.2 Å². The highest BCUT2D eigenvalue weighted by atomic mass is 32.1. The first kappa shape index (κ1) is 17.7. The van der Waals surface area contributed by atoms with Gasteiger partial charge in [0.1, 0.15) is 5.75 Å². The van der Waals surface area contributed by atoms with Crippen molar-refractivity contribution in [2.45, 2.75) is 6.92 Å². The largest absolute Gasteiger partial charge is 0.484 e. The summed E-state index contributed by atoms with van der Waals surface area (Å²) in [6.07, 6.45) is 0. The zero-order valence-corrected chi connectivity index (χ0v) is 15.0. The molecule has 0 fully saturated rings. The van der Waals surface area contributed by atoms with Crippen LogP contribution in [0.4, 0.5) is 11.4 Å². The van der Waals surface area contributed by atoms with E-state index in [1.54, 1.807) is 30.3 Å². The summed E-state index contributed by atoms with van der Waals surface area (Å²) in [7, 11) is 0. The molecule has 0 unspecified atom stereocenters. The van der Waals surface area contributed by atoms with Crippen LogP contribution in [0.25, 0.3) is 0 Å². The molecule has 2 aromatic carbocycles. The van der Waals surface area contributed by atoms with Crippen LogP contribution in [0.15, 0.2) is 66.0 Å². The molecule has 2 amide bonds. The zero-order chi connectivity index (χ0) is 18.4. The van der Waals surface area contributed by atoms with Gasteiger partial charge in [0.25, 0.3) is 11.8 Å². The molecule has 0 aliphatic carbocycles. The van der Waals surface area contributed by atoms with Gasteiger partial charge < -0.3 is 15.4 Å². The monoisotopic (exact) mass is 366 g/mol. The number of carbonyl (C=O) groups excluding carboxylic acids is 2. The maximum atomic E-state index is 12.1. The van der Waals surface area contributed by atoms with Crippen molar-refractivity contribution in [2.24, 2.45) is 0 Å². The van der Waals surface area contributed by atoms with Gasteiger partial charge in [-0.15, -0.1) is 11.3 Å². The highest BCUT2D eigenvalue weighted by molar-refractivity contribution is 7.12. The average Bonchev–Trinajstić information content (AvgIpc) is 3.16. The van der Waals surface area contributed by atoms with E-state index in [0.717, 1.165) is 5.56 Å². The summed E-state index contributed by atoms with van der Waals surface area (Å²) in [4.78, 5) is 24.8. The second-order valence-electron chi connectivity index (χ2n) is 5.66. The first-order chi connectivity index (χ1) is 12.6. The van der Waals surface area contributed by atoms with Gasteiger partial charge in [0.2, 0.25) is 0 Å². The van der Waals surface area contributed by atoms with Gasteiger partial charge in [-0.25, -0.2) is 0 Å². The van der Waals surface area contributed by atoms with Crippen molar-refractivity contribution in [2.75, 3.05) is 17.2 Å². The third-order valence-electron chi connectivity index (χ3n) is 3.54. The fourth-order valence-corrected chi connectivity index (χ4v) is 2.87. The number of amides is 2. The van der Waals surface area contributed by atoms with E-state index in [4.69, 9.17) is 4.74 Å². The SMILES string of the molecule is Cc1ccc(OCC(=O)Nc2cccc(NC(=O)c3cccs3)c2)cc1. The second kappa shape index (κ2) is 8.31. The van der Waals surface area contributed by atoms with Crippen LogP contribution in [0.2, 0.25) is 0 Å². The van der Waals surface area contributed by atoms with Gasteiger partial charge in [-0.05, 0) is 48.7 Å². The molecule has 0 spiro atoms. The van der Waals surface area contributed by atoms with Crippen LogP contribution in [-0.2, 0) is 4.79 Å². The third kappa shape index (κ3) is 4.94. The predicted octanol–water partition coefficient (Wildman–Crippen LogP) is 4.33. The van der Waals surface area contributed by atoms with E-state index in [9.17, 15) is 9.59 Å². The van der Waals surface area contributed by atoms with E-state index < -0.39 is 0 Å². The Morgan fingerprint density at radius 2 is 1.69 bits per heavy atom. The molecule has 5 nitrogen and oxygen atoms in total. The van der Waals surface area contributed by atoms with Gasteiger partial charge in [0, 0.05) is 11.4 Å². The van der Waals surface area contributed by atoms with E-state index in [0.29, 0.717) is 22.0 Å². The number of anilines is 2. The molecule has 26 heavy (non-hydrogen) atoms. The van der Waals surface area contributed by atoms with Crippen molar-refractivity contribution < 1.29 is 14.3 Å². The van der Waals surface area contributed by atoms with Gasteiger partial charge in [-0.1, -0.05) is 29.8 Å². The van der Waals surface area contributed by atoms with Crippen molar-refractivity contribution in [3.8, 4) is 5.75 Å². The molecule has 0 radical (unpaired) electrons. The molecule has 0 aliphatic rings. The van der Waals surface area contributed by atoms with E-state index in [2.05, 4.69) is 10.6 Å². The fourth-order valence-electron chi connectivity index (χ4n) is 2.26. The quantitative estimate of drug-likeness (QED) is 0.682. The molecule has 2 N–H and O–H groups in total. The number of thiophene rings is 1. The van der Waals surface area contributed by atoms with Crippen LogP contribution in [0.5, 0.6) is 5.75 Å². The summed E-state index contributed by atoms with van der Waals surface area (Å²) >= 11 is 1.37. The molecule has 1 heterocycles. The lowest BCUT2D eigenvalue weighted by Gasteiger charge is -2.09. The minimum absolute atomic E-state index is 0.0884. The number of rotatable bonds is 6. The van der Waals surface area contributed by atoms with Crippen LogP contribution in [0, 0.1) is 6.92 Å². The Kier molecular flexibility index (Phi) is 5.66. The fraction of sp³-hybridized carbons (Fsp3) is 0.100. The maximum absolute atomic E-state index is 12.1. The van der Waals surface area contributed by atoms with Gasteiger partial charge in [0.05, 0.1) is 4.88 Å². The Morgan fingerprint density at radius 1 is 0.962 bits per heavy atom. The predicted molar refractivity (Wildman–Crippen MR) is 104 cm³/mol. The number of ether oxygens (including phenoxy) is 1. The summed E-state index contributed by atoms with van der Waals surface area (Å²) in [5.74, 6) is 0.196. The van der Waals surface area contributed by atoms with Crippen molar-refractivity contribution in [3.05, 3.63) is 76.5 Å². The minimum Gasteiger partial charge on any atom is -0.484 e. The third-order valence-corrected chi connectivity index (χ3v) is 4.41. The Labute approximate surface area is 155 Å². The number of nitrogens with one attached hydrogen (secondary N) is 2. The van der Waals surface area contributed by atoms with Crippen molar-refractivity contribution in [1.29, 1.82) is 0 Å². The second-order valence-corrected chi connectivity index (χ2v) is 6.61. The van der Waals surface area contributed by atoms with Gasteiger partial charge in [-0.3, -0.25) is 9.59 Å². The summed E-state index contributed by atoms with van der Waals surface area (Å²) < 4.78 is 5.46. The molecule has 0 saturated carbocycles. The smallest absolute Gasteiger partial charge is 0.265 e. The topological polar surface area (TPSA) is 67.4 Å². The van der Waals surface area contributed by atoms with Crippen molar-refractivity contribution >= 4 is 34.5 Å². The van der Waals surface area contributed by atoms with Gasteiger partial charge in [-0.2, -0.15) is 0 Å². The Bertz CT molecular complexity index is 890. The van der Waals surface area contributed by atoms with Crippen LogP contribution < -0.4 is 15.4 Å². The van der Waals surface area contributed by atoms with E-state index in [-0.39, 0.29) is 18.4 Å². The molecule has 0 saturated heterocycles. The van der Waals surface area contributed by atoms with Crippen molar-refractivity contribution in [1.82, 2.24) is 0 Å². The standard InChI is InChI=1S/C20H18N2O3S/c1-14-7-9-17(10-8-14)25-13-19(23)21-15-4-2-5-16(12-15)22-20(24)18-6-3-11-26-18/h2-12H,13H2,1H3,(H,21,23)(H,22,24). The first-order valence-electron chi connectivity index (χ1n) is 8.04. The highest BCUT2D eigenvalue weighted by Crippen LogP contribution is 2.18. The molecule has 0 aliphatic heterocycles. The molecular weight excluding hydrogens is 348 g/mol. The normalized spacial score (nSPS) is 10.2. The van der Waals surface area contributed by atoms with E-state index >= 15 is 0 Å². The number of hydrogen-bond donors (Lipinski definition) is 2. The van der Waals surface area contributed by atoms with E-state index in [1.165, 1.54) is 11.3 Å². The number of aryl methyl sites for hydroxylation is 1. The van der Waals surface area contributed by atoms with E-state index in [1.807, 2.05) is 42.6 Å². The lowest BCUT2D eigenvalue weighted by atomic mass is 10.2. The molecule has 1 aromatic heterocycles.